The van der Waals surface area contributed by atoms with Gasteiger partial charge in [-0.1, -0.05) is 12.2 Å². The molecule has 0 N–H and O–H groups in total. The Morgan fingerprint density at radius 2 is 1.85 bits per heavy atom. The summed E-state index contributed by atoms with van der Waals surface area (Å²) >= 11 is 0. The standard InChI is InChI=1S/C14H18N4O2/c1-16-10-12(17(2)14(20)18(3)13(10)19)15-11(16)9-7-5-4-6-8-9/h4-5,9H,6-8H2,1-3H3. The van der Waals surface area contributed by atoms with Crippen molar-refractivity contribution in [2.24, 2.45) is 21.1 Å². The second kappa shape index (κ2) is 4.47. The van der Waals surface area contributed by atoms with Crippen LogP contribution in [0.15, 0.2) is 21.7 Å². The van der Waals surface area contributed by atoms with Crippen molar-refractivity contribution in [3.05, 3.63) is 38.8 Å². The number of nitrogens with zero attached hydrogens (tertiary/aromatic N) is 4. The maximum absolute atomic E-state index is 12.3. The minimum atomic E-state index is -0.337. The van der Waals surface area contributed by atoms with Crippen molar-refractivity contribution >= 4 is 11.2 Å². The minimum Gasteiger partial charge on any atom is -0.325 e. The summed E-state index contributed by atoms with van der Waals surface area (Å²) in [5.74, 6) is 1.21. The molecular formula is C14H18N4O2. The van der Waals surface area contributed by atoms with Crippen LogP contribution in [-0.4, -0.2) is 18.7 Å². The van der Waals surface area contributed by atoms with Gasteiger partial charge in [-0.25, -0.2) is 9.78 Å². The van der Waals surface area contributed by atoms with E-state index >= 15 is 0 Å². The molecular weight excluding hydrogens is 256 g/mol. The second-order valence-corrected chi connectivity index (χ2v) is 5.39. The van der Waals surface area contributed by atoms with Crippen LogP contribution in [0.1, 0.15) is 31.0 Å². The largest absolute Gasteiger partial charge is 0.332 e. The number of aromatic nitrogens is 4. The first-order valence-electron chi connectivity index (χ1n) is 6.79. The van der Waals surface area contributed by atoms with Crippen LogP contribution in [0.5, 0.6) is 0 Å². The first kappa shape index (κ1) is 12.9. The highest BCUT2D eigenvalue weighted by Gasteiger charge is 2.22. The fourth-order valence-electron chi connectivity index (χ4n) is 2.93. The molecule has 2 heterocycles. The third-order valence-corrected chi connectivity index (χ3v) is 4.14. The van der Waals surface area contributed by atoms with Crippen molar-refractivity contribution in [3.8, 4) is 0 Å². The van der Waals surface area contributed by atoms with Crippen LogP contribution in [0, 0.1) is 0 Å². The summed E-state index contributed by atoms with van der Waals surface area (Å²) in [6.07, 6.45) is 7.33. The fraction of sp³-hybridized carbons (Fsp3) is 0.500. The summed E-state index contributed by atoms with van der Waals surface area (Å²) in [5.41, 5.74) is 0.357. The maximum Gasteiger partial charge on any atom is 0.332 e. The maximum atomic E-state index is 12.3. The van der Waals surface area contributed by atoms with Crippen LogP contribution in [0.25, 0.3) is 11.2 Å². The van der Waals surface area contributed by atoms with E-state index in [0.29, 0.717) is 17.1 Å². The van der Waals surface area contributed by atoms with Crippen molar-refractivity contribution in [2.45, 2.75) is 25.2 Å². The Labute approximate surface area is 116 Å². The van der Waals surface area contributed by atoms with Crippen LogP contribution in [0.4, 0.5) is 0 Å². The molecule has 1 aliphatic carbocycles. The van der Waals surface area contributed by atoms with E-state index in [1.54, 1.807) is 7.05 Å². The smallest absolute Gasteiger partial charge is 0.325 e. The zero-order valence-corrected chi connectivity index (χ0v) is 12.0. The van der Waals surface area contributed by atoms with Gasteiger partial charge in [0, 0.05) is 27.1 Å². The Balaban J connectivity index is 2.33. The van der Waals surface area contributed by atoms with Crippen LogP contribution < -0.4 is 11.2 Å². The zero-order chi connectivity index (χ0) is 14.4. The minimum absolute atomic E-state index is 0.282. The lowest BCUT2D eigenvalue weighted by atomic mass is 9.94. The van der Waals surface area contributed by atoms with Crippen LogP contribution in [0.3, 0.4) is 0 Å². The van der Waals surface area contributed by atoms with Crippen molar-refractivity contribution in [2.75, 3.05) is 0 Å². The van der Waals surface area contributed by atoms with Gasteiger partial charge in [-0.05, 0) is 19.3 Å². The molecule has 1 aliphatic rings. The Hall–Kier alpha value is -2.11. The van der Waals surface area contributed by atoms with Crippen molar-refractivity contribution in [1.82, 2.24) is 18.7 Å². The van der Waals surface area contributed by atoms with E-state index in [9.17, 15) is 9.59 Å². The van der Waals surface area contributed by atoms with Crippen LogP contribution in [0.2, 0.25) is 0 Å². The highest BCUT2D eigenvalue weighted by atomic mass is 16.2. The molecule has 0 aliphatic heterocycles. The molecule has 1 unspecified atom stereocenters. The molecule has 0 saturated carbocycles. The summed E-state index contributed by atoms with van der Waals surface area (Å²) in [7, 11) is 5.01. The zero-order valence-electron chi connectivity index (χ0n) is 12.0. The number of hydrogen-bond donors (Lipinski definition) is 0. The number of aryl methyl sites for hydroxylation is 2. The molecule has 0 bridgehead atoms. The highest BCUT2D eigenvalue weighted by molar-refractivity contribution is 5.71. The topological polar surface area (TPSA) is 61.8 Å². The predicted octanol–water partition coefficient (Wildman–Crippen LogP) is 0.794. The molecule has 0 saturated heterocycles. The monoisotopic (exact) mass is 274 g/mol. The lowest BCUT2D eigenvalue weighted by molar-refractivity contribution is 0.565. The number of rotatable bonds is 1. The average Bonchev–Trinajstić information content (AvgIpc) is 2.81. The van der Waals surface area contributed by atoms with Crippen molar-refractivity contribution in [3.63, 3.8) is 0 Å². The van der Waals surface area contributed by atoms with Crippen LogP contribution >= 0.6 is 0 Å². The summed E-state index contributed by atoms with van der Waals surface area (Å²) in [4.78, 5) is 28.8. The van der Waals surface area contributed by atoms with Crippen molar-refractivity contribution in [1.29, 1.82) is 0 Å². The van der Waals surface area contributed by atoms with Gasteiger partial charge >= 0.3 is 5.69 Å². The number of hydrogen-bond acceptors (Lipinski definition) is 3. The van der Waals surface area contributed by atoms with Gasteiger partial charge in [0.15, 0.2) is 11.2 Å². The molecule has 106 valence electrons. The summed E-state index contributed by atoms with van der Waals surface area (Å²) < 4.78 is 4.42. The normalized spacial score (nSPS) is 18.9. The lowest BCUT2D eigenvalue weighted by Crippen LogP contribution is -2.37. The first-order valence-corrected chi connectivity index (χ1v) is 6.79. The molecule has 2 aromatic heterocycles. The van der Waals surface area contributed by atoms with E-state index in [4.69, 9.17) is 0 Å². The predicted molar refractivity (Wildman–Crippen MR) is 76.9 cm³/mol. The SMILES string of the molecule is Cn1c(=O)c2c(nc(C3CC=CCC3)n2C)n(C)c1=O. The van der Waals surface area contributed by atoms with Gasteiger partial charge in [0.05, 0.1) is 0 Å². The van der Waals surface area contributed by atoms with E-state index < -0.39 is 0 Å². The van der Waals surface area contributed by atoms with Gasteiger partial charge in [-0.2, -0.15) is 0 Å². The summed E-state index contributed by atoms with van der Waals surface area (Å²) in [5, 5.41) is 0. The third kappa shape index (κ3) is 1.67. The molecule has 0 spiro atoms. The van der Waals surface area contributed by atoms with Crippen molar-refractivity contribution < 1.29 is 0 Å². The molecule has 20 heavy (non-hydrogen) atoms. The van der Waals surface area contributed by atoms with E-state index in [2.05, 4.69) is 17.1 Å². The number of allylic oxidation sites excluding steroid dienone is 2. The first-order chi connectivity index (χ1) is 9.52. The second-order valence-electron chi connectivity index (χ2n) is 5.39. The highest BCUT2D eigenvalue weighted by Crippen LogP contribution is 2.29. The Morgan fingerprint density at radius 1 is 1.10 bits per heavy atom. The molecule has 6 nitrogen and oxygen atoms in total. The quantitative estimate of drug-likeness (QED) is 0.722. The third-order valence-electron chi connectivity index (χ3n) is 4.14. The van der Waals surface area contributed by atoms with Gasteiger partial charge < -0.3 is 4.57 Å². The fourth-order valence-corrected chi connectivity index (χ4v) is 2.93. The summed E-state index contributed by atoms with van der Waals surface area (Å²) in [6.45, 7) is 0. The lowest BCUT2D eigenvalue weighted by Gasteiger charge is -2.16. The van der Waals surface area contributed by atoms with E-state index in [1.807, 2.05) is 11.6 Å². The van der Waals surface area contributed by atoms with E-state index in [0.717, 1.165) is 29.7 Å². The summed E-state index contributed by atoms with van der Waals surface area (Å²) in [6, 6.07) is 0. The molecule has 0 amide bonds. The Morgan fingerprint density at radius 3 is 2.50 bits per heavy atom. The van der Waals surface area contributed by atoms with Crippen LogP contribution in [-0.2, 0) is 21.1 Å². The molecule has 2 aromatic rings. The average molecular weight is 274 g/mol. The van der Waals surface area contributed by atoms with Gasteiger partial charge in [-0.3, -0.25) is 13.9 Å². The van der Waals surface area contributed by atoms with Gasteiger partial charge in [-0.15, -0.1) is 0 Å². The van der Waals surface area contributed by atoms with Gasteiger partial charge in [0.2, 0.25) is 0 Å². The Bertz CT molecular complexity index is 822. The molecule has 1 atom stereocenters. The molecule has 0 radical (unpaired) electrons. The molecule has 0 fully saturated rings. The van der Waals surface area contributed by atoms with Gasteiger partial charge in [0.1, 0.15) is 5.82 Å². The Kier molecular flexibility index (Phi) is 2.88. The van der Waals surface area contributed by atoms with E-state index in [1.165, 1.54) is 11.6 Å². The molecule has 0 aromatic carbocycles. The molecule has 3 rings (SSSR count). The molecule has 6 heteroatoms. The van der Waals surface area contributed by atoms with Gasteiger partial charge in [0.25, 0.3) is 5.56 Å². The number of fused-ring (bicyclic) bond motifs is 1. The van der Waals surface area contributed by atoms with E-state index in [-0.39, 0.29) is 11.2 Å². The number of imidazole rings is 1.